The highest BCUT2D eigenvalue weighted by molar-refractivity contribution is 6.61. The van der Waals surface area contributed by atoms with E-state index in [-0.39, 0.29) is 12.4 Å². The Kier molecular flexibility index (Phi) is 9.83. The van der Waals surface area contributed by atoms with Crippen LogP contribution in [0.25, 0.3) is 0 Å². The largest absolute Gasteiger partial charge is 0.504 e. The number of hydrogen-bond acceptors (Lipinski definition) is 5. The normalized spacial score (nSPS) is 13.3. The molecule has 0 fully saturated rings. The lowest BCUT2D eigenvalue weighted by molar-refractivity contribution is -0.153. The molecule has 0 atom stereocenters. The molecule has 0 aromatic heterocycles. The second-order valence-electron chi connectivity index (χ2n) is 6.00. The number of ether oxygens (including phenoxy) is 1. The third kappa shape index (κ3) is 9.35. The van der Waals surface area contributed by atoms with Crippen molar-refractivity contribution in [2.45, 2.75) is 66.5 Å². The van der Waals surface area contributed by atoms with E-state index in [9.17, 15) is 4.79 Å². The summed E-state index contributed by atoms with van der Waals surface area (Å²) in [6.45, 7) is 14.9. The van der Waals surface area contributed by atoms with Crippen LogP contribution in [0.5, 0.6) is 0 Å². The van der Waals surface area contributed by atoms with E-state index in [1.54, 1.807) is 0 Å². The van der Waals surface area contributed by atoms with Crippen LogP contribution in [-0.4, -0.2) is 40.2 Å². The predicted octanol–water partition coefficient (Wildman–Crippen LogP) is 3.71. The lowest BCUT2D eigenvalue weighted by Crippen LogP contribution is -2.45. The van der Waals surface area contributed by atoms with Gasteiger partial charge in [-0.25, -0.2) is 0 Å². The highest BCUT2D eigenvalue weighted by Crippen LogP contribution is 2.19. The minimum absolute atomic E-state index is 0.224. The van der Waals surface area contributed by atoms with Crippen molar-refractivity contribution in [3.05, 3.63) is 11.6 Å². The molecule has 0 radical (unpaired) electrons. The van der Waals surface area contributed by atoms with E-state index >= 15 is 0 Å². The van der Waals surface area contributed by atoms with Gasteiger partial charge in [0, 0.05) is 25.9 Å². The quantitative estimate of drug-likeness (QED) is 0.347. The Labute approximate surface area is 136 Å². The number of allylic oxidation sites excluding steroid dienone is 1. The van der Waals surface area contributed by atoms with Gasteiger partial charge in [0.25, 0.3) is 0 Å². The fraction of sp³-hybridized carbons (Fsp3) is 0.812. The Morgan fingerprint density at radius 3 is 1.82 bits per heavy atom. The van der Waals surface area contributed by atoms with Crippen molar-refractivity contribution in [2.75, 3.05) is 19.8 Å². The first-order valence-electron chi connectivity index (χ1n) is 7.97. The second-order valence-corrected chi connectivity index (χ2v) is 8.64. The van der Waals surface area contributed by atoms with E-state index in [1.165, 1.54) is 0 Å². The van der Waals surface area contributed by atoms with Crippen molar-refractivity contribution in [1.82, 2.24) is 0 Å². The number of hydrogen-bond donors (Lipinski definition) is 0. The summed E-state index contributed by atoms with van der Waals surface area (Å²) in [6.07, 6.45) is 2.24. The van der Waals surface area contributed by atoms with Crippen LogP contribution in [0.3, 0.4) is 0 Å². The average molecular weight is 333 g/mol. The van der Waals surface area contributed by atoms with E-state index < -0.39 is 14.4 Å². The van der Waals surface area contributed by atoms with Crippen LogP contribution in [0, 0.1) is 0 Å². The first-order valence-corrected chi connectivity index (χ1v) is 9.90. The van der Waals surface area contributed by atoms with Gasteiger partial charge in [-0.2, -0.15) is 0 Å². The van der Waals surface area contributed by atoms with Gasteiger partial charge < -0.3 is 18.0 Å². The maximum Gasteiger partial charge on any atom is 0.504 e. The first kappa shape index (κ1) is 21.3. The third-order valence-electron chi connectivity index (χ3n) is 2.64. The molecule has 0 aliphatic rings. The minimum atomic E-state index is -2.68. The molecule has 6 heteroatoms. The lowest BCUT2D eigenvalue weighted by atomic mass is 10.1. The van der Waals surface area contributed by atoms with Crippen LogP contribution in [0.15, 0.2) is 11.6 Å². The molecule has 0 saturated heterocycles. The molecule has 0 N–H and O–H groups in total. The zero-order valence-electron chi connectivity index (χ0n) is 15.2. The molecule has 0 bridgehead atoms. The Balaban J connectivity index is 4.74. The Bertz CT molecular complexity index is 343. The van der Waals surface area contributed by atoms with Crippen molar-refractivity contribution in [1.29, 1.82) is 0 Å². The van der Waals surface area contributed by atoms with Gasteiger partial charge in [-0.1, -0.05) is 11.6 Å². The van der Waals surface area contributed by atoms with E-state index in [0.717, 1.165) is 5.57 Å². The van der Waals surface area contributed by atoms with Gasteiger partial charge >= 0.3 is 14.8 Å². The standard InChI is InChI=1S/C16H32O5Si/c1-8-18-22(19-9-2,20-10-3)12-11-14(4)13-15(17)21-16(5,6)7/h11H,8-10,12-13H2,1-7H3/b14-11+. The zero-order chi connectivity index (χ0) is 17.2. The van der Waals surface area contributed by atoms with E-state index in [2.05, 4.69) is 0 Å². The molecule has 0 aromatic carbocycles. The molecular formula is C16H32O5Si. The number of esters is 1. The van der Waals surface area contributed by atoms with E-state index in [0.29, 0.717) is 25.9 Å². The first-order chi connectivity index (χ1) is 10.2. The topological polar surface area (TPSA) is 54.0 Å². The maximum atomic E-state index is 11.8. The van der Waals surface area contributed by atoms with Crippen molar-refractivity contribution in [3.8, 4) is 0 Å². The van der Waals surface area contributed by atoms with E-state index in [4.69, 9.17) is 18.0 Å². The number of rotatable bonds is 10. The molecule has 0 aromatic rings. The zero-order valence-corrected chi connectivity index (χ0v) is 16.2. The Morgan fingerprint density at radius 1 is 1.00 bits per heavy atom. The Hall–Kier alpha value is -0.693. The molecule has 0 aliphatic heterocycles. The molecular weight excluding hydrogens is 300 g/mol. The van der Waals surface area contributed by atoms with E-state index in [1.807, 2.05) is 54.5 Å². The molecule has 0 aliphatic carbocycles. The van der Waals surface area contributed by atoms with Gasteiger partial charge in [-0.05, 0) is 48.5 Å². The van der Waals surface area contributed by atoms with Gasteiger partial charge in [-0.15, -0.1) is 0 Å². The van der Waals surface area contributed by atoms with Crippen molar-refractivity contribution < 1.29 is 22.8 Å². The highest BCUT2D eigenvalue weighted by atomic mass is 28.4. The molecule has 0 unspecified atom stereocenters. The molecule has 0 amide bonds. The maximum absolute atomic E-state index is 11.8. The molecule has 5 nitrogen and oxygen atoms in total. The van der Waals surface area contributed by atoms with Crippen LogP contribution in [-0.2, 0) is 22.8 Å². The van der Waals surface area contributed by atoms with Gasteiger partial charge in [0.05, 0.1) is 6.42 Å². The number of carbonyl (C=O) groups excluding carboxylic acids is 1. The monoisotopic (exact) mass is 332 g/mol. The molecule has 0 rings (SSSR count). The summed E-state index contributed by atoms with van der Waals surface area (Å²) in [5.41, 5.74) is 0.475. The fourth-order valence-electron chi connectivity index (χ4n) is 1.94. The molecule has 130 valence electrons. The summed E-state index contributed by atoms with van der Waals surface area (Å²) >= 11 is 0. The van der Waals surface area contributed by atoms with Gasteiger partial charge in [-0.3, -0.25) is 4.79 Å². The van der Waals surface area contributed by atoms with Crippen LogP contribution in [0.4, 0.5) is 0 Å². The van der Waals surface area contributed by atoms with Crippen LogP contribution in [0.1, 0.15) is 54.9 Å². The summed E-state index contributed by atoms with van der Waals surface area (Å²) in [4.78, 5) is 11.8. The smallest absolute Gasteiger partial charge is 0.460 e. The molecule has 0 heterocycles. The second kappa shape index (κ2) is 10.2. The highest BCUT2D eigenvalue weighted by Gasteiger charge is 2.39. The van der Waals surface area contributed by atoms with Gasteiger partial charge in [0.1, 0.15) is 5.60 Å². The summed E-state index contributed by atoms with van der Waals surface area (Å²) in [5, 5.41) is 0. The summed E-state index contributed by atoms with van der Waals surface area (Å²) < 4.78 is 22.7. The SMILES string of the molecule is CCO[Si](C/C=C(\C)CC(=O)OC(C)(C)C)(OCC)OCC. The van der Waals surface area contributed by atoms with Crippen LogP contribution >= 0.6 is 0 Å². The molecule has 22 heavy (non-hydrogen) atoms. The van der Waals surface area contributed by atoms with Gasteiger partial charge in [0.15, 0.2) is 0 Å². The van der Waals surface area contributed by atoms with Crippen LogP contribution < -0.4 is 0 Å². The molecule has 0 spiro atoms. The lowest BCUT2D eigenvalue weighted by Gasteiger charge is -2.27. The van der Waals surface area contributed by atoms with Crippen LogP contribution in [0.2, 0.25) is 6.04 Å². The fourth-order valence-corrected chi connectivity index (χ4v) is 4.46. The average Bonchev–Trinajstić information content (AvgIpc) is 2.35. The Morgan fingerprint density at radius 2 is 1.45 bits per heavy atom. The summed E-state index contributed by atoms with van der Waals surface area (Å²) in [7, 11) is -2.68. The third-order valence-corrected chi connectivity index (χ3v) is 5.53. The number of carbonyl (C=O) groups is 1. The molecule has 0 saturated carbocycles. The summed E-state index contributed by atoms with van der Waals surface area (Å²) in [5.74, 6) is -0.224. The van der Waals surface area contributed by atoms with Gasteiger partial charge in [0.2, 0.25) is 0 Å². The van der Waals surface area contributed by atoms with Crippen molar-refractivity contribution >= 4 is 14.8 Å². The predicted molar refractivity (Wildman–Crippen MR) is 89.7 cm³/mol. The van der Waals surface area contributed by atoms with Crippen molar-refractivity contribution in [3.63, 3.8) is 0 Å². The minimum Gasteiger partial charge on any atom is -0.460 e. The van der Waals surface area contributed by atoms with Crippen molar-refractivity contribution in [2.24, 2.45) is 0 Å². The summed E-state index contributed by atoms with van der Waals surface area (Å²) in [6, 6.07) is 0.567.